The Labute approximate surface area is 77.0 Å². The van der Waals surface area contributed by atoms with E-state index in [0.29, 0.717) is 5.92 Å². The molecule has 13 heavy (non-hydrogen) atoms. The van der Waals surface area contributed by atoms with Gasteiger partial charge in [0.15, 0.2) is 0 Å². The predicted molar refractivity (Wildman–Crippen MR) is 50.5 cm³/mol. The van der Waals surface area contributed by atoms with Crippen molar-refractivity contribution < 1.29 is 4.79 Å². The zero-order chi connectivity index (χ0) is 8.84. The number of hydrogen-bond acceptors (Lipinski definition) is 1. The molecule has 0 radical (unpaired) electrons. The molecule has 1 N–H and O–H groups in total. The summed E-state index contributed by atoms with van der Waals surface area (Å²) in [6, 6.07) is 8.14. The van der Waals surface area contributed by atoms with Crippen molar-refractivity contribution in [2.75, 3.05) is 5.32 Å². The van der Waals surface area contributed by atoms with Gasteiger partial charge in [0.05, 0.1) is 0 Å². The average molecular weight is 173 g/mol. The van der Waals surface area contributed by atoms with E-state index < -0.39 is 0 Å². The molecule has 1 amide bonds. The monoisotopic (exact) mass is 173 g/mol. The van der Waals surface area contributed by atoms with Crippen LogP contribution in [0.25, 0.3) is 0 Å². The van der Waals surface area contributed by atoms with Crippen molar-refractivity contribution in [1.82, 2.24) is 0 Å². The average Bonchev–Trinajstić information content (AvgIpc) is 2.04. The minimum Gasteiger partial charge on any atom is -0.326 e. The van der Waals surface area contributed by atoms with Crippen LogP contribution in [0.3, 0.4) is 0 Å². The maximum atomic E-state index is 11.5. The maximum absolute atomic E-state index is 11.5. The molecule has 1 saturated carbocycles. The number of carbonyl (C=O) groups excluding carboxylic acids is 1. The van der Waals surface area contributed by atoms with Crippen LogP contribution in [0, 0.1) is 5.92 Å². The van der Waals surface area contributed by atoms with Gasteiger partial charge in [-0.15, -0.1) is 0 Å². The molecule has 2 heteroatoms. The number of hydrogen-bond donors (Lipinski definition) is 1. The standard InChI is InChI=1S/C11H11NO/c13-11-9-6-5-7(9)8-3-1-2-4-10(8)12-11/h1-4,7,9H,5-6H2,(H,12,13)/t7-,9-/m0/s1. The Morgan fingerprint density at radius 1 is 1.15 bits per heavy atom. The Balaban J connectivity index is 2.12. The van der Waals surface area contributed by atoms with Crippen molar-refractivity contribution >= 4 is 11.6 Å². The second-order valence-corrected chi connectivity index (χ2v) is 3.87. The molecule has 2 nitrogen and oxygen atoms in total. The highest BCUT2D eigenvalue weighted by atomic mass is 16.2. The first-order valence-electron chi connectivity index (χ1n) is 4.76. The van der Waals surface area contributed by atoms with E-state index in [2.05, 4.69) is 11.4 Å². The molecule has 1 aromatic rings. The Hall–Kier alpha value is -1.31. The number of para-hydroxylation sites is 1. The third-order valence-corrected chi connectivity index (χ3v) is 3.23. The third kappa shape index (κ3) is 0.857. The molecule has 1 heterocycles. The summed E-state index contributed by atoms with van der Waals surface area (Å²) in [6.45, 7) is 0. The first-order valence-corrected chi connectivity index (χ1v) is 4.76. The summed E-state index contributed by atoms with van der Waals surface area (Å²) < 4.78 is 0. The normalized spacial score (nSPS) is 29.7. The summed E-state index contributed by atoms with van der Waals surface area (Å²) >= 11 is 0. The Bertz CT molecular complexity index is 372. The third-order valence-electron chi connectivity index (χ3n) is 3.23. The quantitative estimate of drug-likeness (QED) is 0.639. The van der Waals surface area contributed by atoms with E-state index in [-0.39, 0.29) is 11.8 Å². The largest absolute Gasteiger partial charge is 0.326 e. The van der Waals surface area contributed by atoms with Gasteiger partial charge in [0, 0.05) is 11.6 Å². The van der Waals surface area contributed by atoms with Crippen LogP contribution in [-0.2, 0) is 4.79 Å². The Kier molecular flexibility index (Phi) is 1.29. The zero-order valence-electron chi connectivity index (χ0n) is 7.29. The molecular weight excluding hydrogens is 162 g/mol. The second kappa shape index (κ2) is 2.34. The molecule has 1 aromatic carbocycles. The van der Waals surface area contributed by atoms with Crippen LogP contribution >= 0.6 is 0 Å². The van der Waals surface area contributed by atoms with Gasteiger partial charge in [-0.2, -0.15) is 0 Å². The van der Waals surface area contributed by atoms with Crippen LogP contribution in [0.2, 0.25) is 0 Å². The molecule has 0 bridgehead atoms. The summed E-state index contributed by atoms with van der Waals surface area (Å²) in [4.78, 5) is 11.5. The number of fused-ring (bicyclic) bond motifs is 3. The summed E-state index contributed by atoms with van der Waals surface area (Å²) in [6.07, 6.45) is 2.24. The van der Waals surface area contributed by atoms with Crippen molar-refractivity contribution in [3.8, 4) is 0 Å². The number of rotatable bonds is 0. The zero-order valence-corrected chi connectivity index (χ0v) is 7.29. The number of benzene rings is 1. The summed E-state index contributed by atoms with van der Waals surface area (Å²) in [5.74, 6) is 0.981. The van der Waals surface area contributed by atoms with Crippen LogP contribution in [-0.4, -0.2) is 5.91 Å². The van der Waals surface area contributed by atoms with Gasteiger partial charge >= 0.3 is 0 Å². The van der Waals surface area contributed by atoms with Gasteiger partial charge in [-0.25, -0.2) is 0 Å². The van der Waals surface area contributed by atoms with Gasteiger partial charge in [0.2, 0.25) is 5.91 Å². The van der Waals surface area contributed by atoms with Gasteiger partial charge in [-0.3, -0.25) is 4.79 Å². The van der Waals surface area contributed by atoms with E-state index in [1.165, 1.54) is 12.0 Å². The van der Waals surface area contributed by atoms with Gasteiger partial charge in [-0.1, -0.05) is 18.2 Å². The van der Waals surface area contributed by atoms with Crippen LogP contribution in [0.1, 0.15) is 24.3 Å². The lowest BCUT2D eigenvalue weighted by molar-refractivity contribution is -0.123. The molecule has 3 rings (SSSR count). The van der Waals surface area contributed by atoms with Gasteiger partial charge in [0.25, 0.3) is 0 Å². The number of amides is 1. The lowest BCUT2D eigenvalue weighted by Gasteiger charge is -2.40. The van der Waals surface area contributed by atoms with E-state index in [9.17, 15) is 4.79 Å². The van der Waals surface area contributed by atoms with Crippen molar-refractivity contribution in [3.05, 3.63) is 29.8 Å². The first-order chi connectivity index (χ1) is 6.36. The molecule has 0 aromatic heterocycles. The number of carbonyl (C=O) groups is 1. The minimum absolute atomic E-state index is 0.218. The molecule has 0 unspecified atom stereocenters. The summed E-state index contributed by atoms with van der Waals surface area (Å²) in [5, 5.41) is 2.95. The van der Waals surface area contributed by atoms with Gasteiger partial charge in [0.1, 0.15) is 0 Å². The molecule has 66 valence electrons. The highest BCUT2D eigenvalue weighted by Gasteiger charge is 2.41. The van der Waals surface area contributed by atoms with E-state index in [1.807, 2.05) is 18.2 Å². The van der Waals surface area contributed by atoms with Crippen molar-refractivity contribution in [1.29, 1.82) is 0 Å². The molecular formula is C11H11NO. The SMILES string of the molecule is O=C1Nc2ccccc2[C@@H]2CC[C@H]12. The van der Waals surface area contributed by atoms with E-state index in [0.717, 1.165) is 12.1 Å². The lowest BCUT2D eigenvalue weighted by Crippen LogP contribution is -2.39. The lowest BCUT2D eigenvalue weighted by atomic mass is 9.67. The summed E-state index contributed by atoms with van der Waals surface area (Å²) in [5.41, 5.74) is 2.35. The van der Waals surface area contributed by atoms with Crippen molar-refractivity contribution in [2.45, 2.75) is 18.8 Å². The minimum atomic E-state index is 0.218. The molecule has 0 spiro atoms. The number of anilines is 1. The van der Waals surface area contributed by atoms with Gasteiger partial charge in [-0.05, 0) is 30.4 Å². The topological polar surface area (TPSA) is 29.1 Å². The number of nitrogens with one attached hydrogen (secondary N) is 1. The molecule has 0 saturated heterocycles. The van der Waals surface area contributed by atoms with Gasteiger partial charge < -0.3 is 5.32 Å². The first kappa shape index (κ1) is 7.13. The van der Waals surface area contributed by atoms with Crippen LogP contribution in [0.4, 0.5) is 5.69 Å². The van der Waals surface area contributed by atoms with Crippen LogP contribution in [0.15, 0.2) is 24.3 Å². The van der Waals surface area contributed by atoms with E-state index in [4.69, 9.17) is 0 Å². The Morgan fingerprint density at radius 3 is 2.69 bits per heavy atom. The summed E-state index contributed by atoms with van der Waals surface area (Å²) in [7, 11) is 0. The van der Waals surface area contributed by atoms with Crippen LogP contribution in [0.5, 0.6) is 0 Å². The highest BCUT2D eigenvalue weighted by Crippen LogP contribution is 2.48. The molecule has 1 fully saturated rings. The Morgan fingerprint density at radius 2 is 1.92 bits per heavy atom. The highest BCUT2D eigenvalue weighted by molar-refractivity contribution is 5.97. The molecule has 1 aliphatic heterocycles. The molecule has 1 aliphatic carbocycles. The molecule has 2 aliphatic rings. The van der Waals surface area contributed by atoms with E-state index in [1.54, 1.807) is 0 Å². The van der Waals surface area contributed by atoms with E-state index >= 15 is 0 Å². The van der Waals surface area contributed by atoms with Crippen molar-refractivity contribution in [3.63, 3.8) is 0 Å². The second-order valence-electron chi connectivity index (χ2n) is 3.87. The maximum Gasteiger partial charge on any atom is 0.228 e. The van der Waals surface area contributed by atoms with Crippen LogP contribution < -0.4 is 5.32 Å². The smallest absolute Gasteiger partial charge is 0.228 e. The fourth-order valence-corrected chi connectivity index (χ4v) is 2.35. The predicted octanol–water partition coefficient (Wildman–Crippen LogP) is 2.13. The molecule has 2 atom stereocenters. The van der Waals surface area contributed by atoms with Crippen molar-refractivity contribution in [2.24, 2.45) is 5.92 Å². The fraction of sp³-hybridized carbons (Fsp3) is 0.364. The fourth-order valence-electron chi connectivity index (χ4n) is 2.35.